The molecule has 3 atom stereocenters. The molecule has 0 heterocycles. The SMILES string of the molecule is C/C=C/C(CCN(C)NN[C@@H](C)[C@@H](C)/C(C)=C/C=N)Nc1ccc(Cl)cc1. The van der Waals surface area contributed by atoms with Crippen LogP contribution in [0.15, 0.2) is 48.1 Å². The van der Waals surface area contributed by atoms with Crippen molar-refractivity contribution in [2.24, 2.45) is 5.92 Å². The minimum absolute atomic E-state index is 0.245. The van der Waals surface area contributed by atoms with E-state index < -0.39 is 0 Å². The molecule has 6 heteroatoms. The fourth-order valence-corrected chi connectivity index (χ4v) is 2.74. The number of hydrogen-bond acceptors (Lipinski definition) is 5. The Kier molecular flexibility index (Phi) is 11.0. The van der Waals surface area contributed by atoms with Crippen LogP contribution in [0, 0.1) is 11.3 Å². The molecule has 1 rings (SSSR count). The van der Waals surface area contributed by atoms with Gasteiger partial charge in [-0.05, 0) is 63.5 Å². The lowest BCUT2D eigenvalue weighted by Gasteiger charge is -2.27. The maximum absolute atomic E-state index is 7.19. The van der Waals surface area contributed by atoms with Gasteiger partial charge in [0.15, 0.2) is 0 Å². The standard InChI is InChI=1S/C21H34ClN5/c1-6-7-20(24-21-10-8-19(22)9-11-21)13-15-27(5)26-25-18(4)17(3)16(2)12-14-23/h6-12,14,17-18,20,23-26H,13,15H2,1-5H3/b7-6+,16-12+,23-14?/t17-,18-,20?/m0/s1. The molecule has 0 aliphatic rings. The Morgan fingerprint density at radius 1 is 1.26 bits per heavy atom. The molecule has 0 bridgehead atoms. The van der Waals surface area contributed by atoms with E-state index in [1.54, 1.807) is 0 Å². The van der Waals surface area contributed by atoms with Crippen molar-refractivity contribution in [2.75, 3.05) is 18.9 Å². The van der Waals surface area contributed by atoms with Crippen molar-refractivity contribution in [3.63, 3.8) is 0 Å². The van der Waals surface area contributed by atoms with E-state index in [9.17, 15) is 0 Å². The topological polar surface area (TPSA) is 63.2 Å². The van der Waals surface area contributed by atoms with Crippen LogP contribution >= 0.6 is 11.6 Å². The van der Waals surface area contributed by atoms with Crippen LogP contribution in [0.2, 0.25) is 5.02 Å². The molecule has 0 aliphatic heterocycles. The van der Waals surface area contributed by atoms with E-state index in [4.69, 9.17) is 17.0 Å². The summed E-state index contributed by atoms with van der Waals surface area (Å²) >= 11 is 5.95. The first-order valence-corrected chi connectivity index (χ1v) is 9.79. The zero-order chi connectivity index (χ0) is 20.2. The minimum atomic E-state index is 0.245. The normalized spacial score (nSPS) is 15.7. The maximum atomic E-state index is 7.19. The van der Waals surface area contributed by atoms with Crippen molar-refractivity contribution in [2.45, 2.75) is 46.2 Å². The Morgan fingerprint density at radius 2 is 1.93 bits per heavy atom. The highest BCUT2D eigenvalue weighted by atomic mass is 35.5. The van der Waals surface area contributed by atoms with Gasteiger partial charge in [0.1, 0.15) is 0 Å². The Balaban J connectivity index is 2.45. The number of nitrogens with zero attached hydrogens (tertiary/aromatic N) is 1. The molecule has 1 aromatic carbocycles. The van der Waals surface area contributed by atoms with E-state index in [-0.39, 0.29) is 12.1 Å². The van der Waals surface area contributed by atoms with Gasteiger partial charge in [0.2, 0.25) is 0 Å². The average Bonchev–Trinajstić information content (AvgIpc) is 2.65. The highest BCUT2D eigenvalue weighted by Gasteiger charge is 2.14. The van der Waals surface area contributed by atoms with Gasteiger partial charge >= 0.3 is 0 Å². The molecule has 27 heavy (non-hydrogen) atoms. The van der Waals surface area contributed by atoms with Crippen LogP contribution in [0.5, 0.6) is 0 Å². The van der Waals surface area contributed by atoms with Gasteiger partial charge in [-0.15, -0.1) is 0 Å². The molecule has 0 aromatic heterocycles. The molecular formula is C21H34ClN5. The van der Waals surface area contributed by atoms with Gasteiger partial charge < -0.3 is 10.7 Å². The molecule has 0 aliphatic carbocycles. The summed E-state index contributed by atoms with van der Waals surface area (Å²) in [5, 5.41) is 13.5. The lowest BCUT2D eigenvalue weighted by Crippen LogP contribution is -2.51. The summed E-state index contributed by atoms with van der Waals surface area (Å²) in [5.41, 5.74) is 8.85. The molecule has 4 N–H and O–H groups in total. The average molecular weight is 392 g/mol. The molecule has 0 amide bonds. The van der Waals surface area contributed by atoms with E-state index in [1.165, 1.54) is 11.8 Å². The minimum Gasteiger partial charge on any atom is -0.379 e. The Bertz CT molecular complexity index is 612. The largest absolute Gasteiger partial charge is 0.379 e. The molecule has 0 saturated carbocycles. The molecule has 0 spiro atoms. The summed E-state index contributed by atoms with van der Waals surface area (Å²) < 4.78 is 0. The predicted octanol–water partition coefficient (Wildman–Crippen LogP) is 4.65. The first-order valence-electron chi connectivity index (χ1n) is 9.41. The number of rotatable bonds is 12. The maximum Gasteiger partial charge on any atom is 0.0457 e. The van der Waals surface area contributed by atoms with Crippen LogP contribution in [0.1, 0.15) is 34.1 Å². The summed E-state index contributed by atoms with van der Waals surface area (Å²) in [6.45, 7) is 9.26. The van der Waals surface area contributed by atoms with Crippen molar-refractivity contribution in [1.29, 1.82) is 5.41 Å². The highest BCUT2D eigenvalue weighted by molar-refractivity contribution is 6.30. The van der Waals surface area contributed by atoms with Crippen LogP contribution in [0.25, 0.3) is 0 Å². The van der Waals surface area contributed by atoms with Crippen molar-refractivity contribution >= 4 is 23.5 Å². The quantitative estimate of drug-likeness (QED) is 0.238. The highest BCUT2D eigenvalue weighted by Crippen LogP contribution is 2.16. The number of nitrogens with one attached hydrogen (secondary N) is 4. The van der Waals surface area contributed by atoms with E-state index >= 15 is 0 Å². The monoisotopic (exact) mass is 391 g/mol. The fourth-order valence-electron chi connectivity index (χ4n) is 2.61. The molecule has 0 saturated heterocycles. The van der Waals surface area contributed by atoms with Gasteiger partial charge in [-0.3, -0.25) is 0 Å². The lowest BCUT2D eigenvalue weighted by molar-refractivity contribution is 0.165. The van der Waals surface area contributed by atoms with Crippen molar-refractivity contribution in [1.82, 2.24) is 16.0 Å². The summed E-state index contributed by atoms with van der Waals surface area (Å²) in [7, 11) is 2.03. The Hall–Kier alpha value is -1.66. The number of halogens is 1. The first-order chi connectivity index (χ1) is 12.9. The third-order valence-corrected chi connectivity index (χ3v) is 4.95. The van der Waals surface area contributed by atoms with Crippen molar-refractivity contribution < 1.29 is 0 Å². The number of benzene rings is 1. The van der Waals surface area contributed by atoms with Gasteiger partial charge in [0.05, 0.1) is 0 Å². The van der Waals surface area contributed by atoms with Crippen molar-refractivity contribution in [3.05, 3.63) is 53.1 Å². The van der Waals surface area contributed by atoms with Crippen LogP contribution < -0.4 is 16.3 Å². The Morgan fingerprint density at radius 3 is 2.52 bits per heavy atom. The second kappa shape index (κ2) is 12.7. The van der Waals surface area contributed by atoms with Crippen LogP contribution in [0.3, 0.4) is 0 Å². The predicted molar refractivity (Wildman–Crippen MR) is 118 cm³/mol. The number of allylic oxidation sites excluding steroid dienone is 2. The molecular weight excluding hydrogens is 358 g/mol. The van der Waals surface area contributed by atoms with Crippen LogP contribution in [-0.4, -0.2) is 36.9 Å². The molecule has 0 fully saturated rings. The summed E-state index contributed by atoms with van der Waals surface area (Å²) in [6.07, 6.45) is 8.38. The smallest absolute Gasteiger partial charge is 0.0457 e. The van der Waals surface area contributed by atoms with Gasteiger partial charge in [-0.1, -0.05) is 36.2 Å². The zero-order valence-corrected chi connectivity index (χ0v) is 17.8. The van der Waals surface area contributed by atoms with Gasteiger partial charge in [-0.2, -0.15) is 5.53 Å². The third-order valence-electron chi connectivity index (χ3n) is 4.69. The number of hydrogen-bond donors (Lipinski definition) is 4. The fraction of sp³-hybridized carbons (Fsp3) is 0.476. The van der Waals surface area contributed by atoms with E-state index in [1.807, 2.05) is 44.3 Å². The van der Waals surface area contributed by atoms with E-state index in [0.717, 1.165) is 23.7 Å². The van der Waals surface area contributed by atoms with E-state index in [0.29, 0.717) is 5.92 Å². The molecule has 5 nitrogen and oxygen atoms in total. The summed E-state index contributed by atoms with van der Waals surface area (Å²) in [6, 6.07) is 8.28. The van der Waals surface area contributed by atoms with Crippen LogP contribution in [0.4, 0.5) is 5.69 Å². The van der Waals surface area contributed by atoms with Gasteiger partial charge in [0.25, 0.3) is 0 Å². The zero-order valence-electron chi connectivity index (χ0n) is 17.1. The van der Waals surface area contributed by atoms with Gasteiger partial charge in [0, 0.05) is 42.6 Å². The summed E-state index contributed by atoms with van der Waals surface area (Å²) in [4.78, 5) is 0. The number of hydrazine groups is 2. The third kappa shape index (κ3) is 9.20. The van der Waals surface area contributed by atoms with Crippen LogP contribution in [-0.2, 0) is 0 Å². The Labute approximate surface area is 169 Å². The van der Waals surface area contributed by atoms with E-state index in [2.05, 4.69) is 54.2 Å². The number of anilines is 1. The first kappa shape index (κ1) is 23.4. The molecule has 1 unspecified atom stereocenters. The van der Waals surface area contributed by atoms with Gasteiger partial charge in [-0.25, -0.2) is 10.4 Å². The second-order valence-corrected chi connectivity index (χ2v) is 7.34. The molecule has 1 aromatic rings. The summed E-state index contributed by atoms with van der Waals surface area (Å²) in [5.74, 6) is 0.342. The molecule has 150 valence electrons. The second-order valence-electron chi connectivity index (χ2n) is 6.90. The lowest BCUT2D eigenvalue weighted by atomic mass is 9.96. The molecule has 0 radical (unpaired) electrons. The van der Waals surface area contributed by atoms with Crippen molar-refractivity contribution in [3.8, 4) is 0 Å².